The highest BCUT2D eigenvalue weighted by molar-refractivity contribution is 8.44. The molecular weight excluding hydrogens is 670 g/mol. The second-order valence-electron chi connectivity index (χ2n) is 10.3. The Hall–Kier alpha value is -2.68. The molecule has 10 atom stereocenters. The Morgan fingerprint density at radius 1 is 1.04 bits per heavy atom. The number of fused-ring (bicyclic) bond motifs is 5. The number of nitrogens with zero attached hydrogens (tertiary/aromatic N) is 6. The number of aliphatic hydroxyl groups is 1. The fraction of sp³-hybridized carbons (Fsp3) is 0.500. The lowest BCUT2D eigenvalue weighted by Gasteiger charge is -2.26. The molecule has 45 heavy (non-hydrogen) atoms. The Kier molecular flexibility index (Phi) is 7.73. The van der Waals surface area contributed by atoms with E-state index in [1.54, 1.807) is 0 Å². The Bertz CT molecular complexity index is 1810. The molecule has 3 aromatic rings. The van der Waals surface area contributed by atoms with Crippen molar-refractivity contribution in [3.63, 3.8) is 0 Å². The van der Waals surface area contributed by atoms with Crippen LogP contribution in [-0.2, 0) is 36.7 Å². The third-order valence-electron chi connectivity index (χ3n) is 7.56. The molecule has 0 spiro atoms. The smallest absolute Gasteiger partial charge is 0.387 e. The summed E-state index contributed by atoms with van der Waals surface area (Å²) < 4.78 is 92.1. The zero-order valence-corrected chi connectivity index (χ0v) is 25.2. The van der Waals surface area contributed by atoms with Crippen LogP contribution in [0.15, 0.2) is 23.8 Å². The van der Waals surface area contributed by atoms with Gasteiger partial charge in [0.2, 0.25) is 0 Å². The zero-order chi connectivity index (χ0) is 31.8. The topological polar surface area (TPSA) is 234 Å². The number of imidazole rings is 1. The van der Waals surface area contributed by atoms with Crippen LogP contribution < -0.4 is 5.73 Å². The molecule has 0 radical (unpaired) electrons. The fourth-order valence-corrected chi connectivity index (χ4v) is 7.93. The number of alkyl halides is 1. The highest BCUT2D eigenvalue weighted by atomic mass is 32.7. The van der Waals surface area contributed by atoms with Crippen molar-refractivity contribution in [2.75, 3.05) is 18.9 Å². The molecule has 0 amide bonds. The second-order valence-corrected chi connectivity index (χ2v) is 14.6. The Labute approximate surface area is 255 Å². The van der Waals surface area contributed by atoms with E-state index in [0.29, 0.717) is 0 Å². The van der Waals surface area contributed by atoms with Crippen molar-refractivity contribution in [3.05, 3.63) is 30.2 Å². The predicted octanol–water partition coefficient (Wildman–Crippen LogP) is 1.79. The summed E-state index contributed by atoms with van der Waals surface area (Å²) in [6, 6.07) is 0. The van der Waals surface area contributed by atoms with Gasteiger partial charge in [0, 0.05) is 18.8 Å². The molecule has 2 bridgehead atoms. The number of anilines is 1. The van der Waals surface area contributed by atoms with Gasteiger partial charge in [-0.25, -0.2) is 37.9 Å². The van der Waals surface area contributed by atoms with Gasteiger partial charge in [0.1, 0.15) is 48.2 Å². The summed E-state index contributed by atoms with van der Waals surface area (Å²) in [5.74, 6) is -1.65. The number of phosphoric ester groups is 1. The van der Waals surface area contributed by atoms with E-state index >= 15 is 4.39 Å². The van der Waals surface area contributed by atoms with Crippen LogP contribution in [0.2, 0.25) is 0 Å². The first-order valence-electron chi connectivity index (χ1n) is 13.2. The molecule has 23 heteroatoms. The standard InChI is InChI=1S/C22H23F2N7O11P2S/c23-8-3-30(19-12(8)9(32)1-2-26-19)22-17-15(33)10(39-22)4-37-43(34,35)41-16-11(5-38-44(36,45)42-17)40-21(13(16)24)31-7-29-14-18(25)27-6-28-20(14)31/h2-3,6-7,10-11,13,15-17,21-22,33H,1,4-5H2,(H,34,35)(H,36,45)(H2,25,27,28)/t10-,11-,13-,15-,16-,17-,21-,22-,44?/m1/s1. The number of rotatable bonds is 2. The first-order chi connectivity index (χ1) is 21.3. The van der Waals surface area contributed by atoms with Crippen molar-refractivity contribution < 1.29 is 60.3 Å². The lowest BCUT2D eigenvalue weighted by Crippen LogP contribution is -2.35. The minimum Gasteiger partial charge on any atom is -0.387 e. The monoisotopic (exact) mass is 693 g/mol. The van der Waals surface area contributed by atoms with Crippen LogP contribution >= 0.6 is 26.9 Å². The van der Waals surface area contributed by atoms with Crippen LogP contribution in [0, 0.1) is 5.82 Å². The molecular formula is C22H23F2N7O11P2S. The van der Waals surface area contributed by atoms with Gasteiger partial charge in [-0.1, -0.05) is 12.2 Å². The Morgan fingerprint density at radius 2 is 1.80 bits per heavy atom. The zero-order valence-electron chi connectivity index (χ0n) is 22.5. The molecule has 3 aromatic heterocycles. The fourth-order valence-electron chi connectivity index (χ4n) is 5.52. The van der Waals surface area contributed by atoms with Gasteiger partial charge >= 0.3 is 14.6 Å². The molecule has 3 fully saturated rings. The van der Waals surface area contributed by atoms with E-state index in [4.69, 9.17) is 33.3 Å². The first-order valence-corrected chi connectivity index (χ1v) is 17.4. The molecule has 2 unspecified atom stereocenters. The number of halogens is 2. The van der Waals surface area contributed by atoms with Crippen LogP contribution in [0.25, 0.3) is 11.2 Å². The Balaban J connectivity index is 1.20. The van der Waals surface area contributed by atoms with Crippen molar-refractivity contribution in [3.8, 4) is 0 Å². The van der Waals surface area contributed by atoms with Crippen molar-refractivity contribution in [1.82, 2.24) is 24.1 Å². The summed E-state index contributed by atoms with van der Waals surface area (Å²) in [5.41, 5.74) is 5.70. The largest absolute Gasteiger partial charge is 0.472 e. The first kappa shape index (κ1) is 30.9. The molecule has 18 nitrogen and oxygen atoms in total. The number of aliphatic hydroxyl groups excluding tert-OH is 1. The maximum Gasteiger partial charge on any atom is 0.472 e. The number of carbonyl (C=O) groups excluding carboxylic acids is 1. The van der Waals surface area contributed by atoms with Crippen molar-refractivity contribution in [1.29, 1.82) is 0 Å². The highest BCUT2D eigenvalue weighted by Crippen LogP contribution is 2.58. The molecule has 4 aliphatic heterocycles. The molecule has 4 N–H and O–H groups in total. The predicted molar refractivity (Wildman–Crippen MR) is 148 cm³/mol. The highest BCUT2D eigenvalue weighted by Gasteiger charge is 2.54. The van der Waals surface area contributed by atoms with Gasteiger partial charge in [0.25, 0.3) is 0 Å². The van der Waals surface area contributed by atoms with Crippen LogP contribution in [0.1, 0.15) is 29.2 Å². The maximum atomic E-state index is 15.9. The summed E-state index contributed by atoms with van der Waals surface area (Å²) in [4.78, 5) is 38.8. The van der Waals surface area contributed by atoms with Crippen molar-refractivity contribution in [2.24, 2.45) is 4.99 Å². The molecule has 242 valence electrons. The second kappa shape index (κ2) is 11.2. The van der Waals surface area contributed by atoms with Crippen molar-refractivity contribution in [2.45, 2.75) is 55.6 Å². The lowest BCUT2D eigenvalue weighted by molar-refractivity contribution is -0.0624. The third-order valence-corrected chi connectivity index (χ3v) is 10.2. The van der Waals surface area contributed by atoms with Crippen LogP contribution in [0.5, 0.6) is 0 Å². The number of thiol groups is 1. The third kappa shape index (κ3) is 5.44. The summed E-state index contributed by atoms with van der Waals surface area (Å²) >= 11 is 3.98. The number of aliphatic imine (C=N–C) groups is 1. The quantitative estimate of drug-likeness (QED) is 0.221. The average Bonchev–Trinajstić information content (AvgIpc) is 3.71. The van der Waals surface area contributed by atoms with Crippen LogP contribution in [-0.4, -0.2) is 96.0 Å². The molecule has 0 saturated carbocycles. The number of hydrogen-bond acceptors (Lipinski definition) is 15. The van der Waals surface area contributed by atoms with Gasteiger partial charge in [0.15, 0.2) is 41.7 Å². The maximum absolute atomic E-state index is 15.9. The van der Waals surface area contributed by atoms with E-state index < -0.39 is 88.6 Å². The summed E-state index contributed by atoms with van der Waals surface area (Å²) in [6.07, 6.45) is -9.11. The van der Waals surface area contributed by atoms with Gasteiger partial charge in [0.05, 0.1) is 25.1 Å². The molecule has 4 aliphatic rings. The molecule has 0 aromatic carbocycles. The lowest BCUT2D eigenvalue weighted by atomic mass is 10.1. The number of hydrogen-bond donors (Lipinski definition) is 4. The van der Waals surface area contributed by atoms with Crippen LogP contribution in [0.3, 0.4) is 0 Å². The van der Waals surface area contributed by atoms with E-state index in [-0.39, 0.29) is 34.8 Å². The minimum atomic E-state index is -5.13. The number of ether oxygens (including phenoxy) is 2. The molecule has 7 heterocycles. The van der Waals surface area contributed by atoms with E-state index in [2.05, 4.69) is 32.2 Å². The van der Waals surface area contributed by atoms with E-state index in [1.807, 2.05) is 0 Å². The molecule has 7 rings (SSSR count). The van der Waals surface area contributed by atoms with E-state index in [0.717, 1.165) is 21.7 Å². The summed E-state index contributed by atoms with van der Waals surface area (Å²) in [7, 11) is -5.13. The van der Waals surface area contributed by atoms with E-state index in [1.165, 1.54) is 12.5 Å². The number of carbonyl (C=O) groups is 1. The number of Topliss-reactive ketones (excluding diaryl/α,β-unsaturated/α-hetero) is 1. The number of nitrogen functional groups attached to an aromatic ring is 1. The minimum absolute atomic E-state index is 0.00891. The molecule has 3 saturated heterocycles. The number of phosphoric acid groups is 1. The SMILES string of the molecule is Nc1ncnc2c1ncn2[C@@H]1O[C@@H]2COP(=O)(S)O[C@@H]3[C@H](O)[C@@H](COP(=O)(O)O[C@H]2[C@H]1F)O[C@H]3n1cc(F)c2c1N=CCC2=O. The van der Waals surface area contributed by atoms with Gasteiger partial charge < -0.3 is 29.8 Å². The van der Waals surface area contributed by atoms with Crippen molar-refractivity contribution >= 4 is 61.7 Å². The summed E-state index contributed by atoms with van der Waals surface area (Å²) in [5, 5.41) is 11.0. The van der Waals surface area contributed by atoms with E-state index in [9.17, 15) is 28.3 Å². The van der Waals surface area contributed by atoms with Gasteiger partial charge in [-0.05, 0) is 0 Å². The van der Waals surface area contributed by atoms with Gasteiger partial charge in [-0.15, -0.1) is 0 Å². The number of aromatic nitrogens is 5. The number of nitrogens with two attached hydrogens (primary N) is 1. The summed E-state index contributed by atoms with van der Waals surface area (Å²) in [6.45, 7) is -6.10. The van der Waals surface area contributed by atoms with Gasteiger partial charge in [-0.2, -0.15) is 0 Å². The molecule has 0 aliphatic carbocycles. The van der Waals surface area contributed by atoms with Crippen LogP contribution in [0.4, 0.5) is 20.4 Å². The average molecular weight is 693 g/mol. The normalized spacial score (nSPS) is 38.8. The number of ketones is 1. The Morgan fingerprint density at radius 3 is 2.60 bits per heavy atom. The van der Waals surface area contributed by atoms with Gasteiger partial charge in [-0.3, -0.25) is 27.5 Å².